The first-order chi connectivity index (χ1) is 6.20. The smallest absolute Gasteiger partial charge is 0.236 e. The quantitative estimate of drug-likeness (QED) is 0.705. The van der Waals surface area contributed by atoms with Crippen LogP contribution in [0.3, 0.4) is 0 Å². The summed E-state index contributed by atoms with van der Waals surface area (Å²) in [6.45, 7) is 0.841. The number of hydrogen-bond acceptors (Lipinski definition) is 4. The number of likely N-dealkylation sites (N-methyl/N-ethyl adjacent to an activating group) is 1. The number of nitrogens with one attached hydrogen (secondary N) is 1. The number of carbonyl (C=O) groups is 1. The number of aromatic nitrogens is 1. The molecule has 0 aliphatic carbocycles. The fourth-order valence-corrected chi connectivity index (χ4v) is 0.780. The topological polar surface area (TPSA) is 58.4 Å². The van der Waals surface area contributed by atoms with Gasteiger partial charge in [-0.05, 0) is 0 Å². The minimum absolute atomic E-state index is 0.0412. The maximum absolute atomic E-state index is 11.1. The average Bonchev–Trinajstić information content (AvgIpc) is 2.56. The van der Waals surface area contributed by atoms with Crippen molar-refractivity contribution in [2.75, 3.05) is 20.6 Å². The third-order valence-corrected chi connectivity index (χ3v) is 1.56. The van der Waals surface area contributed by atoms with Crippen LogP contribution in [0.5, 0.6) is 0 Å². The Kier molecular flexibility index (Phi) is 3.45. The number of nitrogens with zero attached hydrogens (tertiary/aromatic N) is 2. The van der Waals surface area contributed by atoms with Crippen LogP contribution in [0.4, 0.5) is 0 Å². The van der Waals surface area contributed by atoms with Crippen molar-refractivity contribution in [3.05, 3.63) is 18.4 Å². The molecule has 0 bridgehead atoms. The van der Waals surface area contributed by atoms with E-state index in [0.717, 1.165) is 5.76 Å². The van der Waals surface area contributed by atoms with Crippen molar-refractivity contribution in [1.29, 1.82) is 0 Å². The molecular formula is C8H13N3O2. The molecule has 0 spiro atoms. The van der Waals surface area contributed by atoms with Crippen LogP contribution < -0.4 is 5.32 Å². The maximum Gasteiger partial charge on any atom is 0.236 e. The molecule has 0 saturated heterocycles. The van der Waals surface area contributed by atoms with Gasteiger partial charge < -0.3 is 14.6 Å². The third-order valence-electron chi connectivity index (χ3n) is 1.56. The van der Waals surface area contributed by atoms with Crippen LogP contribution >= 0.6 is 0 Å². The summed E-state index contributed by atoms with van der Waals surface area (Å²) in [7, 11) is 3.44. The first-order valence-corrected chi connectivity index (χ1v) is 3.98. The lowest BCUT2D eigenvalue weighted by molar-refractivity contribution is -0.127. The molecule has 1 aromatic heterocycles. The molecule has 5 heteroatoms. The van der Waals surface area contributed by atoms with Crippen molar-refractivity contribution in [1.82, 2.24) is 15.2 Å². The van der Waals surface area contributed by atoms with E-state index in [9.17, 15) is 4.79 Å². The van der Waals surface area contributed by atoms with Gasteiger partial charge in [-0.2, -0.15) is 0 Å². The Bertz CT molecular complexity index is 256. The van der Waals surface area contributed by atoms with E-state index >= 15 is 0 Å². The van der Waals surface area contributed by atoms with Crippen LogP contribution in [-0.2, 0) is 11.3 Å². The monoisotopic (exact) mass is 183 g/mol. The Morgan fingerprint density at radius 1 is 1.69 bits per heavy atom. The Hall–Kier alpha value is -1.36. The normalized spacial score (nSPS) is 10.0. The maximum atomic E-state index is 11.1. The summed E-state index contributed by atoms with van der Waals surface area (Å²) in [4.78, 5) is 16.4. The van der Waals surface area contributed by atoms with Gasteiger partial charge in [0.15, 0.2) is 6.39 Å². The minimum Gasteiger partial charge on any atom is -0.447 e. The average molecular weight is 183 g/mol. The zero-order valence-corrected chi connectivity index (χ0v) is 7.78. The van der Waals surface area contributed by atoms with E-state index in [2.05, 4.69) is 10.3 Å². The van der Waals surface area contributed by atoms with Crippen LogP contribution in [0.2, 0.25) is 0 Å². The Morgan fingerprint density at radius 3 is 3.00 bits per heavy atom. The zero-order valence-electron chi connectivity index (χ0n) is 7.78. The summed E-state index contributed by atoms with van der Waals surface area (Å²) >= 11 is 0. The van der Waals surface area contributed by atoms with E-state index in [1.54, 1.807) is 20.3 Å². The molecule has 0 radical (unpaired) electrons. The largest absolute Gasteiger partial charge is 0.447 e. The lowest BCUT2D eigenvalue weighted by Gasteiger charge is -2.09. The van der Waals surface area contributed by atoms with Crippen LogP contribution in [0, 0.1) is 0 Å². The van der Waals surface area contributed by atoms with Gasteiger partial charge in [-0.25, -0.2) is 4.98 Å². The second kappa shape index (κ2) is 4.61. The van der Waals surface area contributed by atoms with E-state index in [4.69, 9.17) is 4.42 Å². The van der Waals surface area contributed by atoms with E-state index < -0.39 is 0 Å². The molecule has 1 N–H and O–H groups in total. The molecule has 0 aliphatic rings. The minimum atomic E-state index is 0.0412. The van der Waals surface area contributed by atoms with Gasteiger partial charge >= 0.3 is 0 Å². The summed E-state index contributed by atoms with van der Waals surface area (Å²) < 4.78 is 4.98. The highest BCUT2D eigenvalue weighted by Gasteiger charge is 2.03. The van der Waals surface area contributed by atoms with Gasteiger partial charge in [0.05, 0.1) is 19.3 Å². The number of amides is 1. The molecule has 0 aliphatic heterocycles. The molecule has 0 saturated carbocycles. The Labute approximate surface area is 76.7 Å². The van der Waals surface area contributed by atoms with Crippen molar-refractivity contribution in [2.45, 2.75) is 6.54 Å². The van der Waals surface area contributed by atoms with Crippen LogP contribution in [0.1, 0.15) is 5.76 Å². The highest BCUT2D eigenvalue weighted by atomic mass is 16.3. The first kappa shape index (κ1) is 9.73. The van der Waals surface area contributed by atoms with Gasteiger partial charge in [0.2, 0.25) is 5.91 Å². The Morgan fingerprint density at radius 2 is 2.46 bits per heavy atom. The number of oxazole rings is 1. The van der Waals surface area contributed by atoms with Crippen molar-refractivity contribution in [2.24, 2.45) is 0 Å². The predicted molar refractivity (Wildman–Crippen MR) is 46.9 cm³/mol. The number of rotatable bonds is 4. The summed E-state index contributed by atoms with van der Waals surface area (Å²) in [6, 6.07) is 0. The standard InChI is InChI=1S/C8H13N3O2/c1-11(2)8(12)5-9-3-7-4-10-6-13-7/h4,6,9H,3,5H2,1-2H3. The highest BCUT2D eigenvalue weighted by Crippen LogP contribution is 1.94. The lowest BCUT2D eigenvalue weighted by Crippen LogP contribution is -2.32. The van der Waals surface area contributed by atoms with Gasteiger partial charge in [0.1, 0.15) is 5.76 Å². The fraction of sp³-hybridized carbons (Fsp3) is 0.500. The first-order valence-electron chi connectivity index (χ1n) is 3.98. The van der Waals surface area contributed by atoms with Gasteiger partial charge in [-0.1, -0.05) is 0 Å². The van der Waals surface area contributed by atoms with Gasteiger partial charge in [-0.3, -0.25) is 4.79 Å². The molecule has 1 rings (SSSR count). The van der Waals surface area contributed by atoms with Gasteiger partial charge in [0.25, 0.3) is 0 Å². The molecule has 0 atom stereocenters. The summed E-state index contributed by atoms with van der Waals surface area (Å²) in [5.41, 5.74) is 0. The molecule has 1 amide bonds. The third kappa shape index (κ3) is 3.25. The fourth-order valence-electron chi connectivity index (χ4n) is 0.780. The molecule has 1 heterocycles. The molecular weight excluding hydrogens is 170 g/mol. The van der Waals surface area contributed by atoms with Crippen molar-refractivity contribution >= 4 is 5.91 Å². The van der Waals surface area contributed by atoms with Gasteiger partial charge in [-0.15, -0.1) is 0 Å². The summed E-state index contributed by atoms with van der Waals surface area (Å²) in [6.07, 6.45) is 2.98. The second-order valence-electron chi connectivity index (χ2n) is 2.86. The number of carbonyl (C=O) groups excluding carboxylic acids is 1. The van der Waals surface area contributed by atoms with E-state index in [-0.39, 0.29) is 5.91 Å². The molecule has 0 unspecified atom stereocenters. The molecule has 0 aromatic carbocycles. The second-order valence-corrected chi connectivity index (χ2v) is 2.86. The molecule has 5 nitrogen and oxygen atoms in total. The zero-order chi connectivity index (χ0) is 9.68. The van der Waals surface area contributed by atoms with Crippen molar-refractivity contribution < 1.29 is 9.21 Å². The summed E-state index contributed by atoms with van der Waals surface area (Å²) in [5, 5.41) is 2.94. The summed E-state index contributed by atoms with van der Waals surface area (Å²) in [5.74, 6) is 0.770. The van der Waals surface area contributed by atoms with Gasteiger partial charge in [0, 0.05) is 14.1 Å². The van der Waals surface area contributed by atoms with Crippen molar-refractivity contribution in [3.8, 4) is 0 Å². The van der Waals surface area contributed by atoms with Crippen LogP contribution in [0.25, 0.3) is 0 Å². The predicted octanol–water partition coefficient (Wildman–Crippen LogP) is -0.148. The SMILES string of the molecule is CN(C)C(=O)CNCc1cnco1. The Balaban J connectivity index is 2.18. The highest BCUT2D eigenvalue weighted by molar-refractivity contribution is 5.77. The number of hydrogen-bond donors (Lipinski definition) is 1. The lowest BCUT2D eigenvalue weighted by atomic mass is 10.4. The molecule has 72 valence electrons. The van der Waals surface area contributed by atoms with Crippen molar-refractivity contribution in [3.63, 3.8) is 0 Å². The molecule has 13 heavy (non-hydrogen) atoms. The molecule has 1 aromatic rings. The van der Waals surface area contributed by atoms with E-state index in [0.29, 0.717) is 13.1 Å². The molecule has 0 fully saturated rings. The van der Waals surface area contributed by atoms with E-state index in [1.807, 2.05) is 0 Å². The van der Waals surface area contributed by atoms with E-state index in [1.165, 1.54) is 11.3 Å². The van der Waals surface area contributed by atoms with Crippen LogP contribution in [-0.4, -0.2) is 36.4 Å². The van der Waals surface area contributed by atoms with Crippen LogP contribution in [0.15, 0.2) is 17.0 Å².